The second-order valence-electron chi connectivity index (χ2n) is 29.8. The number of hydrogen-bond acceptors (Lipinski definition) is 0. The number of rotatable bonds is 5. The van der Waals surface area contributed by atoms with E-state index < -0.39 is 0 Å². The Balaban J connectivity index is 0.000000131. The van der Waals surface area contributed by atoms with Gasteiger partial charge >= 0.3 is 0 Å². The SMILES string of the molecule is Cc1cccc(C)c1-c1cc2c(cc3c4ccccc4c4cccc2c43)c2cc3c(cc12)c1cccc2c(-c4ccccc4-c4ccccc4)ccc3c21.Cc1cccc(C)c1-c1ccc2c(c1)c1cccc3c4cc(-c5c(C)cccc5C)c5cc6c(cc5c4cc2c31)c1cccc2cccc6c21. The van der Waals surface area contributed by atoms with Crippen LogP contribution in [0.15, 0.2) is 303 Å². The standard InChI is InChI=1S/C54H34.C50H34/c1-31-13-10-14-32(2)52(31)51-29-46-42-24-11-21-39-36-19-8-9-20-37(36)50(54(39)42)30-48(46)47-27-45-43-26-25-38(35-18-7-6-17-34(35)33-15-4-3-5-16-33)40-22-12-23-41(53(40)43)44(45)28-49(47)51;1-27-10-5-11-28(2)47(27)32-20-21-33-38(22-32)36-18-9-19-37-41-25-46(48-29(3)12-6-13-30(48)4)44-24-40-35-17-8-15-31-14-7-16-34(49(31)35)39(40)23-42(44)43(41)26-45(33)50(36)37/h3-30H,1-2H3;5-26H,1-4H3. The monoisotopic (exact) mass is 1320 g/mol. The van der Waals surface area contributed by atoms with Crippen molar-refractivity contribution < 1.29 is 0 Å². The van der Waals surface area contributed by atoms with Crippen molar-refractivity contribution in [2.75, 3.05) is 0 Å². The Morgan fingerprint density at radius 2 is 0.442 bits per heavy atom. The van der Waals surface area contributed by atoms with Crippen LogP contribution in [-0.4, -0.2) is 0 Å². The molecule has 0 unspecified atom stereocenters. The third-order valence-electron chi connectivity index (χ3n) is 24.2. The van der Waals surface area contributed by atoms with E-state index in [0.717, 1.165) is 0 Å². The summed E-state index contributed by atoms with van der Waals surface area (Å²) in [5.74, 6) is 0. The third kappa shape index (κ3) is 8.20. The van der Waals surface area contributed by atoms with E-state index >= 15 is 0 Å². The van der Waals surface area contributed by atoms with Gasteiger partial charge in [0.2, 0.25) is 0 Å². The van der Waals surface area contributed by atoms with Crippen molar-refractivity contribution in [2.45, 2.75) is 41.5 Å². The molecule has 0 aliphatic carbocycles. The summed E-state index contributed by atoms with van der Waals surface area (Å²) in [5.41, 5.74) is 20.9. The van der Waals surface area contributed by atoms with Crippen LogP contribution < -0.4 is 0 Å². The van der Waals surface area contributed by atoms with Crippen LogP contribution >= 0.6 is 0 Å². The lowest BCUT2D eigenvalue weighted by atomic mass is 9.86. The summed E-state index contributed by atoms with van der Waals surface area (Å²) in [5, 5.41) is 42.7. The van der Waals surface area contributed by atoms with Crippen molar-refractivity contribution in [3.8, 4) is 55.6 Å². The predicted octanol–water partition coefficient (Wildman–Crippen LogP) is 29.8. The molecule has 0 aliphatic rings. The molecule has 0 aromatic heterocycles. The minimum atomic E-state index is 1.24. The molecule has 0 spiro atoms. The molecule has 0 saturated carbocycles. The van der Waals surface area contributed by atoms with Gasteiger partial charge in [-0.05, 0) is 358 Å². The normalized spacial score (nSPS) is 12.3. The average Bonchev–Trinajstić information content (AvgIpc) is 1.40. The van der Waals surface area contributed by atoms with Crippen LogP contribution in [0, 0.1) is 41.5 Å². The van der Waals surface area contributed by atoms with E-state index in [9.17, 15) is 0 Å². The van der Waals surface area contributed by atoms with Crippen LogP contribution in [0.5, 0.6) is 0 Å². The van der Waals surface area contributed by atoms with Crippen LogP contribution in [0.3, 0.4) is 0 Å². The minimum Gasteiger partial charge on any atom is -0.0622 e. The van der Waals surface area contributed by atoms with Crippen LogP contribution in [-0.2, 0) is 0 Å². The molecule has 0 fully saturated rings. The highest BCUT2D eigenvalue weighted by Gasteiger charge is 2.26. The fraction of sp³-hybridized carbons (Fsp3) is 0.0577. The molecule has 0 atom stereocenters. The van der Waals surface area contributed by atoms with Crippen molar-refractivity contribution in [1.29, 1.82) is 0 Å². The van der Waals surface area contributed by atoms with Crippen LogP contribution in [0.25, 0.3) is 228 Å². The summed E-state index contributed by atoms with van der Waals surface area (Å²) in [6.07, 6.45) is 0. The van der Waals surface area contributed by atoms with E-state index in [1.54, 1.807) is 0 Å². The first-order chi connectivity index (χ1) is 51.1. The van der Waals surface area contributed by atoms with Crippen LogP contribution in [0.4, 0.5) is 0 Å². The van der Waals surface area contributed by atoms with E-state index in [0.29, 0.717) is 0 Å². The molecule has 23 rings (SSSR count). The minimum absolute atomic E-state index is 1.24. The Labute approximate surface area is 602 Å². The number of fused-ring (bicyclic) bond motifs is 20. The molecule has 0 saturated heterocycles. The fourth-order valence-corrected chi connectivity index (χ4v) is 19.8. The molecule has 23 aromatic rings. The lowest BCUT2D eigenvalue weighted by Gasteiger charge is -2.17. The Kier molecular flexibility index (Phi) is 12.4. The number of benzene rings is 19. The second-order valence-corrected chi connectivity index (χ2v) is 29.8. The molecular formula is C104H68. The van der Waals surface area contributed by atoms with E-state index in [-0.39, 0.29) is 0 Å². The van der Waals surface area contributed by atoms with Gasteiger partial charge in [0.25, 0.3) is 0 Å². The molecule has 484 valence electrons. The summed E-state index contributed by atoms with van der Waals surface area (Å²) in [6, 6.07) is 115. The largest absolute Gasteiger partial charge is 0.0622 e. The first kappa shape index (κ1) is 59.0. The number of aryl methyl sites for hydroxylation is 6. The van der Waals surface area contributed by atoms with Gasteiger partial charge in [0.05, 0.1) is 0 Å². The molecule has 0 amide bonds. The zero-order valence-corrected chi connectivity index (χ0v) is 58.9. The van der Waals surface area contributed by atoms with Crippen molar-refractivity contribution in [3.63, 3.8) is 0 Å². The lowest BCUT2D eigenvalue weighted by Crippen LogP contribution is -1.91. The van der Waals surface area contributed by atoms with Crippen LogP contribution in [0.2, 0.25) is 0 Å². The molecule has 0 radical (unpaired) electrons. The van der Waals surface area contributed by atoms with Gasteiger partial charge in [-0.2, -0.15) is 0 Å². The Morgan fingerprint density at radius 1 is 0.135 bits per heavy atom. The van der Waals surface area contributed by atoms with Gasteiger partial charge in [-0.15, -0.1) is 0 Å². The first-order valence-electron chi connectivity index (χ1n) is 36.8. The quantitative estimate of drug-likeness (QED) is 0.151. The molecule has 0 heteroatoms. The van der Waals surface area contributed by atoms with Gasteiger partial charge in [-0.3, -0.25) is 0 Å². The molecule has 0 heterocycles. The maximum atomic E-state index is 2.53. The summed E-state index contributed by atoms with van der Waals surface area (Å²) in [7, 11) is 0. The number of hydrogen-bond donors (Lipinski definition) is 0. The summed E-state index contributed by atoms with van der Waals surface area (Å²) in [6.45, 7) is 13.5. The van der Waals surface area contributed by atoms with Gasteiger partial charge in [0, 0.05) is 0 Å². The molecule has 0 N–H and O–H groups in total. The maximum absolute atomic E-state index is 2.53. The second kappa shape index (κ2) is 21.9. The first-order valence-corrected chi connectivity index (χ1v) is 36.8. The summed E-state index contributed by atoms with van der Waals surface area (Å²) < 4.78 is 0. The molecule has 0 bridgehead atoms. The topological polar surface area (TPSA) is 0 Å². The van der Waals surface area contributed by atoms with E-state index in [1.807, 2.05) is 0 Å². The Morgan fingerprint density at radius 3 is 0.952 bits per heavy atom. The van der Waals surface area contributed by atoms with Crippen molar-refractivity contribution in [2.24, 2.45) is 0 Å². The maximum Gasteiger partial charge on any atom is -0.00199 e. The summed E-state index contributed by atoms with van der Waals surface area (Å²) in [4.78, 5) is 0. The smallest absolute Gasteiger partial charge is 0.00199 e. The van der Waals surface area contributed by atoms with Gasteiger partial charge in [-0.25, -0.2) is 0 Å². The molecule has 104 heavy (non-hydrogen) atoms. The van der Waals surface area contributed by atoms with Gasteiger partial charge in [0.15, 0.2) is 0 Å². The van der Waals surface area contributed by atoms with Crippen molar-refractivity contribution in [3.05, 3.63) is 337 Å². The average molecular weight is 1320 g/mol. The highest BCUT2D eigenvalue weighted by molar-refractivity contribution is 6.42. The van der Waals surface area contributed by atoms with Gasteiger partial charge < -0.3 is 0 Å². The van der Waals surface area contributed by atoms with E-state index in [1.165, 1.54) is 261 Å². The lowest BCUT2D eigenvalue weighted by molar-refractivity contribution is 1.38. The van der Waals surface area contributed by atoms with Crippen molar-refractivity contribution >= 4 is 172 Å². The van der Waals surface area contributed by atoms with E-state index in [4.69, 9.17) is 0 Å². The molecule has 23 aromatic carbocycles. The predicted molar refractivity (Wildman–Crippen MR) is 453 cm³/mol. The molecule has 0 aliphatic heterocycles. The highest BCUT2D eigenvalue weighted by Crippen LogP contribution is 2.53. The van der Waals surface area contributed by atoms with Crippen molar-refractivity contribution in [1.82, 2.24) is 0 Å². The highest BCUT2D eigenvalue weighted by atomic mass is 14.3. The Hall–Kier alpha value is -12.7. The third-order valence-corrected chi connectivity index (χ3v) is 24.2. The summed E-state index contributed by atoms with van der Waals surface area (Å²) >= 11 is 0. The Bertz CT molecular complexity index is 7570. The van der Waals surface area contributed by atoms with Gasteiger partial charge in [-0.1, -0.05) is 249 Å². The van der Waals surface area contributed by atoms with Gasteiger partial charge in [0.1, 0.15) is 0 Å². The van der Waals surface area contributed by atoms with E-state index in [2.05, 4.69) is 345 Å². The molecular weight excluding hydrogens is 1250 g/mol. The molecule has 0 nitrogen and oxygen atoms in total. The van der Waals surface area contributed by atoms with Crippen LogP contribution in [0.1, 0.15) is 33.4 Å². The zero-order chi connectivity index (χ0) is 69.1. The zero-order valence-electron chi connectivity index (χ0n) is 58.9. The fourth-order valence-electron chi connectivity index (χ4n) is 19.8.